The zero-order chi connectivity index (χ0) is 21.2. The Kier molecular flexibility index (Phi) is 5.93. The van der Waals surface area contributed by atoms with Crippen LogP contribution in [0.15, 0.2) is 89.8 Å². The van der Waals surface area contributed by atoms with Gasteiger partial charge < -0.3 is 4.74 Å². The summed E-state index contributed by atoms with van der Waals surface area (Å²) in [5.74, 6) is 0. The molecule has 0 unspecified atom stereocenters. The molecule has 0 aliphatic carbocycles. The van der Waals surface area contributed by atoms with Crippen molar-refractivity contribution in [3.05, 3.63) is 90.5 Å². The average Bonchev–Trinajstić information content (AvgIpc) is 3.55. The maximum atomic E-state index is 12.4. The molecule has 2 atom stereocenters. The molecule has 1 fully saturated rings. The SMILES string of the molecule is Cc1ccc(S(=O)(=O)OCC[C@H]2O[C@@H]2[Si](C)(c2ccccc2)c2ccccc2)cc1. The van der Waals surface area contributed by atoms with Crippen LogP contribution in [0.1, 0.15) is 12.0 Å². The molecule has 6 heteroatoms. The second-order valence-corrected chi connectivity index (χ2v) is 13.7. The van der Waals surface area contributed by atoms with Crippen LogP contribution >= 0.6 is 0 Å². The van der Waals surface area contributed by atoms with E-state index < -0.39 is 18.2 Å². The first-order valence-corrected chi connectivity index (χ1v) is 14.1. The minimum atomic E-state index is -3.75. The molecule has 0 N–H and O–H groups in total. The molecule has 30 heavy (non-hydrogen) atoms. The summed E-state index contributed by atoms with van der Waals surface area (Å²) >= 11 is 0. The molecular formula is C24H26O4SSi. The average molecular weight is 439 g/mol. The number of ether oxygens (including phenoxy) is 1. The van der Waals surface area contributed by atoms with E-state index in [1.165, 1.54) is 10.4 Å². The first-order chi connectivity index (χ1) is 14.4. The van der Waals surface area contributed by atoms with Gasteiger partial charge in [-0.15, -0.1) is 0 Å². The lowest BCUT2D eigenvalue weighted by atomic mass is 10.2. The van der Waals surface area contributed by atoms with Crippen LogP contribution in [0.25, 0.3) is 0 Å². The Balaban J connectivity index is 1.45. The van der Waals surface area contributed by atoms with E-state index in [4.69, 9.17) is 8.92 Å². The Morgan fingerprint density at radius 2 is 1.40 bits per heavy atom. The molecule has 156 valence electrons. The summed E-state index contributed by atoms with van der Waals surface area (Å²) in [7, 11) is -5.87. The molecule has 1 saturated heterocycles. The van der Waals surface area contributed by atoms with Gasteiger partial charge in [0.2, 0.25) is 0 Å². The lowest BCUT2D eigenvalue weighted by Crippen LogP contribution is -2.61. The van der Waals surface area contributed by atoms with Gasteiger partial charge in [0.25, 0.3) is 10.1 Å². The maximum Gasteiger partial charge on any atom is 0.296 e. The fourth-order valence-electron chi connectivity index (χ4n) is 3.98. The number of hydrogen-bond acceptors (Lipinski definition) is 4. The molecule has 1 aliphatic heterocycles. The van der Waals surface area contributed by atoms with Gasteiger partial charge in [0, 0.05) is 6.42 Å². The van der Waals surface area contributed by atoms with E-state index in [2.05, 4.69) is 55.1 Å². The van der Waals surface area contributed by atoms with Gasteiger partial charge in [0.05, 0.1) is 23.3 Å². The molecule has 0 aromatic heterocycles. The highest BCUT2D eigenvalue weighted by molar-refractivity contribution is 7.86. The van der Waals surface area contributed by atoms with Gasteiger partial charge >= 0.3 is 0 Å². The Morgan fingerprint density at radius 3 is 1.93 bits per heavy atom. The van der Waals surface area contributed by atoms with Gasteiger partial charge in [-0.1, -0.05) is 95.3 Å². The third-order valence-corrected chi connectivity index (χ3v) is 11.9. The van der Waals surface area contributed by atoms with Crippen LogP contribution in [0.4, 0.5) is 0 Å². The van der Waals surface area contributed by atoms with E-state index >= 15 is 0 Å². The van der Waals surface area contributed by atoms with E-state index in [1.54, 1.807) is 24.3 Å². The van der Waals surface area contributed by atoms with Gasteiger partial charge in [0.1, 0.15) is 8.07 Å². The van der Waals surface area contributed by atoms with E-state index in [1.807, 2.05) is 19.1 Å². The maximum absolute atomic E-state index is 12.4. The summed E-state index contributed by atoms with van der Waals surface area (Å²) in [6, 6.07) is 27.7. The molecular weight excluding hydrogens is 412 g/mol. The summed E-state index contributed by atoms with van der Waals surface area (Å²) < 4.78 is 36.2. The van der Waals surface area contributed by atoms with Crippen molar-refractivity contribution in [2.24, 2.45) is 0 Å². The second-order valence-electron chi connectivity index (χ2n) is 7.91. The molecule has 0 radical (unpaired) electrons. The van der Waals surface area contributed by atoms with Crippen molar-refractivity contribution in [2.45, 2.75) is 36.6 Å². The number of hydrogen-bond donors (Lipinski definition) is 0. The zero-order valence-electron chi connectivity index (χ0n) is 17.2. The van der Waals surface area contributed by atoms with Crippen molar-refractivity contribution in [2.75, 3.05) is 6.61 Å². The molecule has 0 saturated carbocycles. The van der Waals surface area contributed by atoms with Gasteiger partial charge in [-0.25, -0.2) is 0 Å². The Hall–Kier alpha value is -2.25. The van der Waals surface area contributed by atoms with Crippen LogP contribution in [-0.2, 0) is 19.0 Å². The van der Waals surface area contributed by atoms with Crippen LogP contribution in [0.5, 0.6) is 0 Å². The summed E-state index contributed by atoms with van der Waals surface area (Å²) in [5.41, 5.74) is 1.11. The van der Waals surface area contributed by atoms with Gasteiger partial charge in [-0.05, 0) is 19.1 Å². The molecule has 0 bridgehead atoms. The Morgan fingerprint density at radius 1 is 0.867 bits per heavy atom. The smallest absolute Gasteiger partial charge is 0.296 e. The van der Waals surface area contributed by atoms with Gasteiger partial charge in [-0.3, -0.25) is 4.18 Å². The zero-order valence-corrected chi connectivity index (χ0v) is 19.0. The van der Waals surface area contributed by atoms with Crippen LogP contribution in [-0.4, -0.2) is 34.9 Å². The summed E-state index contributed by atoms with van der Waals surface area (Å²) in [6.07, 6.45) is 0.563. The van der Waals surface area contributed by atoms with E-state index in [-0.39, 0.29) is 23.3 Å². The Labute approximate surface area is 179 Å². The van der Waals surface area contributed by atoms with Gasteiger partial charge in [0.15, 0.2) is 0 Å². The molecule has 4 rings (SSSR count). The van der Waals surface area contributed by atoms with Crippen LogP contribution < -0.4 is 10.4 Å². The number of aryl methyl sites for hydroxylation is 1. The van der Waals surface area contributed by atoms with Crippen molar-refractivity contribution in [3.63, 3.8) is 0 Å². The molecule has 3 aromatic carbocycles. The topological polar surface area (TPSA) is 55.9 Å². The predicted molar refractivity (Wildman–Crippen MR) is 121 cm³/mol. The minimum absolute atomic E-state index is 0.00953. The quantitative estimate of drug-likeness (QED) is 0.308. The van der Waals surface area contributed by atoms with Crippen LogP contribution in [0.2, 0.25) is 6.55 Å². The second kappa shape index (κ2) is 8.47. The van der Waals surface area contributed by atoms with Crippen molar-refractivity contribution in [1.29, 1.82) is 0 Å². The third kappa shape index (κ3) is 4.27. The summed E-state index contributed by atoms with van der Waals surface area (Å²) in [4.78, 5) is 0.189. The van der Waals surface area contributed by atoms with E-state index in [0.717, 1.165) is 5.56 Å². The number of epoxide rings is 1. The van der Waals surface area contributed by atoms with Crippen molar-refractivity contribution in [1.82, 2.24) is 0 Å². The fourth-order valence-corrected chi connectivity index (χ4v) is 9.02. The van der Waals surface area contributed by atoms with Crippen LogP contribution in [0, 0.1) is 6.92 Å². The van der Waals surface area contributed by atoms with Crippen molar-refractivity contribution >= 4 is 28.6 Å². The van der Waals surface area contributed by atoms with Crippen molar-refractivity contribution in [3.8, 4) is 0 Å². The Bertz CT molecular complexity index is 1040. The number of benzene rings is 3. The highest BCUT2D eigenvalue weighted by Gasteiger charge is 2.55. The molecule has 0 amide bonds. The molecule has 0 spiro atoms. The normalized spacial score (nSPS) is 18.9. The third-order valence-electron chi connectivity index (χ3n) is 5.85. The molecule has 1 heterocycles. The predicted octanol–water partition coefficient (Wildman–Crippen LogP) is 3.29. The molecule has 4 nitrogen and oxygen atoms in total. The number of rotatable bonds is 8. The molecule has 1 aliphatic rings. The monoisotopic (exact) mass is 438 g/mol. The van der Waals surface area contributed by atoms with Crippen LogP contribution in [0.3, 0.4) is 0 Å². The minimum Gasteiger partial charge on any atom is -0.372 e. The standard InChI is InChI=1S/C24H26O4SSi/c1-19-13-15-20(16-14-19)29(25,26)27-18-17-23-24(28-23)30(2,21-9-5-3-6-10-21)22-11-7-4-8-12-22/h3-16,23-24H,17-18H2,1-2H3/t23-,24-/m1/s1. The highest BCUT2D eigenvalue weighted by Crippen LogP contribution is 2.34. The van der Waals surface area contributed by atoms with E-state index in [9.17, 15) is 8.42 Å². The lowest BCUT2D eigenvalue weighted by Gasteiger charge is -2.27. The largest absolute Gasteiger partial charge is 0.372 e. The van der Waals surface area contributed by atoms with Crippen molar-refractivity contribution < 1.29 is 17.3 Å². The van der Waals surface area contributed by atoms with E-state index in [0.29, 0.717) is 6.42 Å². The van der Waals surface area contributed by atoms with Gasteiger partial charge in [-0.2, -0.15) is 8.42 Å². The lowest BCUT2D eigenvalue weighted by molar-refractivity contribution is 0.285. The summed E-state index contributed by atoms with van der Waals surface area (Å²) in [5, 5.41) is 2.63. The summed E-state index contributed by atoms with van der Waals surface area (Å²) in [6.45, 7) is 4.36. The first-order valence-electron chi connectivity index (χ1n) is 10.1. The fraction of sp³-hybridized carbons (Fsp3) is 0.250. The first kappa shape index (κ1) is 21.0. The highest BCUT2D eigenvalue weighted by atomic mass is 32.2. The molecule has 3 aromatic rings.